The number of aliphatic hydroxyl groups excluding tert-OH is 1. The maximum Gasteiger partial charge on any atom is 0.405 e. The minimum Gasteiger partial charge on any atom is -0.481 e. The SMILES string of the molecule is O=C(O)[C@H]([C@H](O)c1ccccc1)C(F)(F)F. The maximum absolute atomic E-state index is 12.4. The second kappa shape index (κ2) is 4.52. The van der Waals surface area contributed by atoms with Crippen molar-refractivity contribution in [3.05, 3.63) is 35.9 Å². The number of rotatable bonds is 3. The first-order valence-electron chi connectivity index (χ1n) is 4.36. The highest BCUT2D eigenvalue weighted by atomic mass is 19.4. The van der Waals surface area contributed by atoms with Gasteiger partial charge in [-0.05, 0) is 5.56 Å². The van der Waals surface area contributed by atoms with E-state index in [4.69, 9.17) is 5.11 Å². The van der Waals surface area contributed by atoms with Gasteiger partial charge in [-0.15, -0.1) is 0 Å². The maximum atomic E-state index is 12.4. The van der Waals surface area contributed by atoms with E-state index in [0.717, 1.165) is 0 Å². The molecule has 2 atom stereocenters. The second-order valence-corrected chi connectivity index (χ2v) is 3.21. The average molecular weight is 234 g/mol. The van der Waals surface area contributed by atoms with E-state index in [1.807, 2.05) is 0 Å². The van der Waals surface area contributed by atoms with Gasteiger partial charge in [-0.2, -0.15) is 13.2 Å². The van der Waals surface area contributed by atoms with Gasteiger partial charge in [0.15, 0.2) is 5.92 Å². The molecule has 1 aromatic rings. The van der Waals surface area contributed by atoms with E-state index in [2.05, 4.69) is 0 Å². The number of halogens is 3. The Balaban J connectivity index is 3.02. The highest BCUT2D eigenvalue weighted by Crippen LogP contribution is 2.36. The van der Waals surface area contributed by atoms with Crippen LogP contribution in [-0.4, -0.2) is 22.4 Å². The van der Waals surface area contributed by atoms with Crippen LogP contribution < -0.4 is 0 Å². The fraction of sp³-hybridized carbons (Fsp3) is 0.300. The Labute approximate surface area is 89.1 Å². The molecule has 88 valence electrons. The Bertz CT molecular complexity index is 361. The monoisotopic (exact) mass is 234 g/mol. The van der Waals surface area contributed by atoms with Crippen LogP contribution in [0.1, 0.15) is 11.7 Å². The van der Waals surface area contributed by atoms with E-state index < -0.39 is 24.2 Å². The number of carboxylic acid groups (broad SMARTS) is 1. The first-order valence-corrected chi connectivity index (χ1v) is 4.36. The first kappa shape index (κ1) is 12.5. The Morgan fingerprint density at radius 1 is 1.19 bits per heavy atom. The summed E-state index contributed by atoms with van der Waals surface area (Å²) < 4.78 is 37.1. The molecular formula is C10H9F3O3. The lowest BCUT2D eigenvalue weighted by molar-refractivity contribution is -0.212. The van der Waals surface area contributed by atoms with Crippen molar-refractivity contribution in [2.24, 2.45) is 5.92 Å². The van der Waals surface area contributed by atoms with Crippen molar-refractivity contribution in [2.45, 2.75) is 12.3 Å². The van der Waals surface area contributed by atoms with Gasteiger partial charge in [0, 0.05) is 0 Å². The summed E-state index contributed by atoms with van der Waals surface area (Å²) in [6, 6.07) is 6.89. The molecule has 0 saturated heterocycles. The van der Waals surface area contributed by atoms with E-state index in [9.17, 15) is 23.1 Å². The summed E-state index contributed by atoms with van der Waals surface area (Å²) in [7, 11) is 0. The summed E-state index contributed by atoms with van der Waals surface area (Å²) in [5.41, 5.74) is -0.0766. The second-order valence-electron chi connectivity index (χ2n) is 3.21. The summed E-state index contributed by atoms with van der Waals surface area (Å²) in [6.45, 7) is 0. The van der Waals surface area contributed by atoms with Gasteiger partial charge < -0.3 is 10.2 Å². The molecule has 0 fully saturated rings. The van der Waals surface area contributed by atoms with Crippen molar-refractivity contribution in [3.63, 3.8) is 0 Å². The zero-order valence-electron chi connectivity index (χ0n) is 7.98. The van der Waals surface area contributed by atoms with Crippen molar-refractivity contribution in [1.29, 1.82) is 0 Å². The molecule has 0 amide bonds. The third-order valence-corrected chi connectivity index (χ3v) is 2.08. The largest absolute Gasteiger partial charge is 0.481 e. The van der Waals surface area contributed by atoms with Crippen molar-refractivity contribution in [3.8, 4) is 0 Å². The Morgan fingerprint density at radius 3 is 2.06 bits per heavy atom. The lowest BCUT2D eigenvalue weighted by atomic mass is 9.95. The van der Waals surface area contributed by atoms with Gasteiger partial charge in [-0.3, -0.25) is 4.79 Å². The summed E-state index contributed by atoms with van der Waals surface area (Å²) >= 11 is 0. The van der Waals surface area contributed by atoms with Gasteiger partial charge in [-0.25, -0.2) is 0 Å². The number of benzene rings is 1. The van der Waals surface area contributed by atoms with Gasteiger partial charge in [0.2, 0.25) is 0 Å². The zero-order valence-corrected chi connectivity index (χ0v) is 7.98. The number of hydrogen-bond acceptors (Lipinski definition) is 2. The third-order valence-electron chi connectivity index (χ3n) is 2.08. The summed E-state index contributed by atoms with van der Waals surface area (Å²) in [6.07, 6.45) is -7.08. The van der Waals surface area contributed by atoms with E-state index in [1.165, 1.54) is 24.3 Å². The van der Waals surface area contributed by atoms with Crippen LogP contribution in [0.4, 0.5) is 13.2 Å². The standard InChI is InChI=1S/C10H9F3O3/c11-10(12,13)7(9(15)16)8(14)6-4-2-1-3-5-6/h1-5,7-8,14H,(H,15,16)/t7-,8+/m0/s1. The number of aliphatic carboxylic acids is 1. The molecule has 1 rings (SSSR count). The first-order chi connectivity index (χ1) is 7.34. The molecule has 6 heteroatoms. The van der Waals surface area contributed by atoms with Crippen LogP contribution in [0, 0.1) is 5.92 Å². The molecule has 0 aromatic heterocycles. The molecule has 0 heterocycles. The molecule has 0 spiro atoms. The average Bonchev–Trinajstić information content (AvgIpc) is 2.16. The summed E-state index contributed by atoms with van der Waals surface area (Å²) in [5.74, 6) is -4.90. The van der Waals surface area contributed by atoms with Gasteiger partial charge >= 0.3 is 12.1 Å². The molecule has 0 aliphatic carbocycles. The van der Waals surface area contributed by atoms with Crippen molar-refractivity contribution < 1.29 is 28.2 Å². The van der Waals surface area contributed by atoms with Crippen LogP contribution in [0.5, 0.6) is 0 Å². The normalized spacial score (nSPS) is 15.5. The molecule has 0 aliphatic heterocycles. The molecule has 3 nitrogen and oxygen atoms in total. The van der Waals surface area contributed by atoms with Gasteiger partial charge in [0.05, 0.1) is 0 Å². The molecule has 1 aromatic carbocycles. The van der Waals surface area contributed by atoms with Crippen LogP contribution in [0.2, 0.25) is 0 Å². The highest BCUT2D eigenvalue weighted by Gasteiger charge is 2.50. The zero-order chi connectivity index (χ0) is 12.3. The number of hydrogen-bond donors (Lipinski definition) is 2. The van der Waals surface area contributed by atoms with Crippen molar-refractivity contribution >= 4 is 5.97 Å². The lowest BCUT2D eigenvalue weighted by Gasteiger charge is -2.21. The number of carbonyl (C=O) groups is 1. The minimum atomic E-state index is -4.99. The fourth-order valence-electron chi connectivity index (χ4n) is 1.30. The Hall–Kier alpha value is -1.56. The van der Waals surface area contributed by atoms with Gasteiger partial charge in [0.25, 0.3) is 0 Å². The minimum absolute atomic E-state index is 0.0766. The van der Waals surface area contributed by atoms with Crippen molar-refractivity contribution in [1.82, 2.24) is 0 Å². The van der Waals surface area contributed by atoms with Crippen LogP contribution in [-0.2, 0) is 4.79 Å². The number of carboxylic acids is 1. The van der Waals surface area contributed by atoms with Crippen LogP contribution in [0.3, 0.4) is 0 Å². The smallest absolute Gasteiger partial charge is 0.405 e. The summed E-state index contributed by atoms with van der Waals surface area (Å²) in [5, 5.41) is 17.8. The predicted molar refractivity (Wildman–Crippen MR) is 48.6 cm³/mol. The van der Waals surface area contributed by atoms with E-state index >= 15 is 0 Å². The predicted octanol–water partition coefficient (Wildman–Crippen LogP) is 1.98. The van der Waals surface area contributed by atoms with Gasteiger partial charge in [-0.1, -0.05) is 30.3 Å². The molecule has 0 saturated carbocycles. The Kier molecular flexibility index (Phi) is 3.54. The molecule has 0 bridgehead atoms. The summed E-state index contributed by atoms with van der Waals surface area (Å²) in [4.78, 5) is 10.5. The quantitative estimate of drug-likeness (QED) is 0.840. The molecular weight excluding hydrogens is 225 g/mol. The Morgan fingerprint density at radius 2 is 1.69 bits per heavy atom. The molecule has 0 aliphatic rings. The van der Waals surface area contributed by atoms with E-state index in [1.54, 1.807) is 6.07 Å². The van der Waals surface area contributed by atoms with Crippen LogP contribution in [0.25, 0.3) is 0 Å². The molecule has 16 heavy (non-hydrogen) atoms. The van der Waals surface area contributed by atoms with Crippen LogP contribution in [0.15, 0.2) is 30.3 Å². The third kappa shape index (κ3) is 2.73. The van der Waals surface area contributed by atoms with E-state index in [0.29, 0.717) is 0 Å². The lowest BCUT2D eigenvalue weighted by Crippen LogP contribution is -2.35. The number of aliphatic hydroxyl groups is 1. The van der Waals surface area contributed by atoms with E-state index in [-0.39, 0.29) is 5.56 Å². The molecule has 0 unspecified atom stereocenters. The van der Waals surface area contributed by atoms with Crippen LogP contribution >= 0.6 is 0 Å². The highest BCUT2D eigenvalue weighted by molar-refractivity contribution is 5.72. The molecule has 2 N–H and O–H groups in total. The number of alkyl halides is 3. The van der Waals surface area contributed by atoms with Crippen molar-refractivity contribution in [2.75, 3.05) is 0 Å². The van der Waals surface area contributed by atoms with Gasteiger partial charge in [0.1, 0.15) is 6.10 Å². The molecule has 0 radical (unpaired) electrons. The fourth-order valence-corrected chi connectivity index (χ4v) is 1.30. The topological polar surface area (TPSA) is 57.5 Å².